The van der Waals surface area contributed by atoms with Gasteiger partial charge in [-0.15, -0.1) is 0 Å². The summed E-state index contributed by atoms with van der Waals surface area (Å²) in [5, 5.41) is 4.73. The van der Waals surface area contributed by atoms with Crippen LogP contribution in [0.4, 0.5) is 18.6 Å². The van der Waals surface area contributed by atoms with Crippen molar-refractivity contribution < 1.29 is 23.1 Å². The Balaban J connectivity index is 2.44. The maximum atomic E-state index is 14.0. The van der Waals surface area contributed by atoms with Crippen LogP contribution in [0.5, 0.6) is 0 Å². The zero-order chi connectivity index (χ0) is 18.8. The number of rotatable bonds is 3. The van der Waals surface area contributed by atoms with E-state index < -0.39 is 29.2 Å². The van der Waals surface area contributed by atoms with Crippen LogP contribution in [-0.2, 0) is 4.74 Å². The van der Waals surface area contributed by atoms with Gasteiger partial charge in [0.1, 0.15) is 27.2 Å². The molecular formula is C16H17F2N3O3S. The molecule has 2 N–H and O–H groups in total. The van der Waals surface area contributed by atoms with Crippen molar-refractivity contribution in [2.24, 2.45) is 0 Å². The Kier molecular flexibility index (Phi) is 5.36. The van der Waals surface area contributed by atoms with E-state index in [0.29, 0.717) is 0 Å². The van der Waals surface area contributed by atoms with Gasteiger partial charge >= 0.3 is 6.09 Å². The van der Waals surface area contributed by atoms with Gasteiger partial charge in [-0.2, -0.15) is 0 Å². The molecule has 0 unspecified atom stereocenters. The number of thiazole rings is 1. The molecule has 134 valence electrons. The van der Waals surface area contributed by atoms with Gasteiger partial charge in [-0.05, 0) is 32.9 Å². The standard InChI is InChI=1S/C16H17F2N3O3S/c1-16(2,3)24-15(23)21-14-11(12(22)19-4)20-13(25-14)10-8(17)6-5-7-9(10)18/h5-7H,1-4H3,(H,19,22)(H,21,23). The first-order valence-corrected chi connectivity index (χ1v) is 8.11. The van der Waals surface area contributed by atoms with Gasteiger partial charge in [0.25, 0.3) is 5.91 Å². The summed E-state index contributed by atoms with van der Waals surface area (Å²) in [6.45, 7) is 5.04. The first-order chi connectivity index (χ1) is 11.6. The highest BCUT2D eigenvalue weighted by molar-refractivity contribution is 7.19. The summed E-state index contributed by atoms with van der Waals surface area (Å²) < 4.78 is 33.0. The van der Waals surface area contributed by atoms with Gasteiger partial charge in [0.2, 0.25) is 0 Å². The van der Waals surface area contributed by atoms with Crippen LogP contribution in [0.25, 0.3) is 10.6 Å². The monoisotopic (exact) mass is 369 g/mol. The molecular weight excluding hydrogens is 352 g/mol. The maximum absolute atomic E-state index is 14.0. The number of carbonyl (C=O) groups excluding carboxylic acids is 2. The largest absolute Gasteiger partial charge is 0.444 e. The first-order valence-electron chi connectivity index (χ1n) is 7.29. The lowest BCUT2D eigenvalue weighted by molar-refractivity contribution is 0.0636. The van der Waals surface area contributed by atoms with E-state index in [1.807, 2.05) is 0 Å². The van der Waals surface area contributed by atoms with E-state index in [-0.39, 0.29) is 21.3 Å². The third-order valence-electron chi connectivity index (χ3n) is 2.86. The lowest BCUT2D eigenvalue weighted by Crippen LogP contribution is -2.28. The molecule has 0 spiro atoms. The summed E-state index contributed by atoms with van der Waals surface area (Å²) in [4.78, 5) is 27.9. The van der Waals surface area contributed by atoms with E-state index in [0.717, 1.165) is 23.5 Å². The van der Waals surface area contributed by atoms with Crippen LogP contribution in [0.2, 0.25) is 0 Å². The van der Waals surface area contributed by atoms with Gasteiger partial charge < -0.3 is 10.1 Å². The molecule has 0 bridgehead atoms. The number of anilines is 1. The second-order valence-electron chi connectivity index (χ2n) is 6.00. The van der Waals surface area contributed by atoms with Crippen molar-refractivity contribution in [3.63, 3.8) is 0 Å². The number of ether oxygens (including phenoxy) is 1. The average Bonchev–Trinajstić information content (AvgIpc) is 2.87. The van der Waals surface area contributed by atoms with Crippen LogP contribution >= 0.6 is 11.3 Å². The topological polar surface area (TPSA) is 80.3 Å². The number of hydrogen-bond acceptors (Lipinski definition) is 5. The molecule has 25 heavy (non-hydrogen) atoms. The SMILES string of the molecule is CNC(=O)c1nc(-c2c(F)cccc2F)sc1NC(=O)OC(C)(C)C. The van der Waals surface area contributed by atoms with Gasteiger partial charge in [0, 0.05) is 7.05 Å². The van der Waals surface area contributed by atoms with Crippen molar-refractivity contribution in [2.75, 3.05) is 12.4 Å². The molecule has 2 rings (SSSR count). The number of nitrogens with zero attached hydrogens (tertiary/aromatic N) is 1. The van der Waals surface area contributed by atoms with Crippen molar-refractivity contribution in [2.45, 2.75) is 26.4 Å². The van der Waals surface area contributed by atoms with E-state index in [4.69, 9.17) is 4.74 Å². The van der Waals surface area contributed by atoms with E-state index in [9.17, 15) is 18.4 Å². The molecule has 2 aromatic rings. The smallest absolute Gasteiger partial charge is 0.412 e. The fourth-order valence-electron chi connectivity index (χ4n) is 1.88. The number of carbonyl (C=O) groups is 2. The predicted molar refractivity (Wildman–Crippen MR) is 90.7 cm³/mol. The van der Waals surface area contributed by atoms with Crippen LogP contribution in [-0.4, -0.2) is 29.6 Å². The van der Waals surface area contributed by atoms with Crippen LogP contribution in [0.15, 0.2) is 18.2 Å². The highest BCUT2D eigenvalue weighted by Gasteiger charge is 2.25. The fraction of sp³-hybridized carbons (Fsp3) is 0.312. The fourth-order valence-corrected chi connectivity index (χ4v) is 2.88. The summed E-state index contributed by atoms with van der Waals surface area (Å²) in [7, 11) is 1.38. The Morgan fingerprint density at radius 1 is 1.20 bits per heavy atom. The Hall–Kier alpha value is -2.55. The molecule has 0 aliphatic carbocycles. The molecule has 0 saturated heterocycles. The number of hydrogen-bond donors (Lipinski definition) is 2. The maximum Gasteiger partial charge on any atom is 0.412 e. The molecule has 1 aromatic carbocycles. The van der Waals surface area contributed by atoms with Gasteiger partial charge in [0.05, 0.1) is 5.56 Å². The van der Waals surface area contributed by atoms with E-state index in [1.54, 1.807) is 20.8 Å². The lowest BCUT2D eigenvalue weighted by Gasteiger charge is -2.19. The molecule has 1 aromatic heterocycles. The molecule has 6 nitrogen and oxygen atoms in total. The molecule has 0 fully saturated rings. The minimum Gasteiger partial charge on any atom is -0.444 e. The molecule has 0 saturated carbocycles. The summed E-state index contributed by atoms with van der Waals surface area (Å²) in [6.07, 6.45) is -0.804. The van der Waals surface area contributed by atoms with Gasteiger partial charge in [0.15, 0.2) is 5.69 Å². The highest BCUT2D eigenvalue weighted by atomic mass is 32.1. The predicted octanol–water partition coefficient (Wildman–Crippen LogP) is 3.79. The normalized spacial score (nSPS) is 11.1. The van der Waals surface area contributed by atoms with Crippen LogP contribution in [0.1, 0.15) is 31.3 Å². The summed E-state index contributed by atoms with van der Waals surface area (Å²) in [5.41, 5.74) is -1.27. The number of amides is 2. The third kappa shape index (κ3) is 4.50. The van der Waals surface area contributed by atoms with E-state index in [1.165, 1.54) is 13.1 Å². The highest BCUT2D eigenvalue weighted by Crippen LogP contribution is 2.35. The Labute approximate surface area is 147 Å². The molecule has 9 heteroatoms. The third-order valence-corrected chi connectivity index (χ3v) is 3.85. The summed E-state index contributed by atoms with van der Waals surface area (Å²) >= 11 is 0.775. The minimum atomic E-state index is -0.818. The number of aromatic nitrogens is 1. The summed E-state index contributed by atoms with van der Waals surface area (Å²) in [5.74, 6) is -2.24. The Bertz CT molecular complexity index is 795. The second-order valence-corrected chi connectivity index (χ2v) is 7.00. The van der Waals surface area contributed by atoms with Crippen LogP contribution in [0.3, 0.4) is 0 Å². The van der Waals surface area contributed by atoms with Crippen molar-refractivity contribution in [1.29, 1.82) is 0 Å². The zero-order valence-corrected chi connectivity index (χ0v) is 14.9. The second kappa shape index (κ2) is 7.14. The summed E-state index contributed by atoms with van der Waals surface area (Å²) in [6, 6.07) is 3.39. The zero-order valence-electron chi connectivity index (χ0n) is 14.1. The van der Waals surface area contributed by atoms with Crippen molar-refractivity contribution >= 4 is 28.3 Å². The molecule has 2 amide bonds. The van der Waals surface area contributed by atoms with E-state index in [2.05, 4.69) is 15.6 Å². The molecule has 1 heterocycles. The lowest BCUT2D eigenvalue weighted by atomic mass is 10.2. The molecule has 0 aliphatic rings. The van der Waals surface area contributed by atoms with Crippen molar-refractivity contribution in [3.05, 3.63) is 35.5 Å². The quantitative estimate of drug-likeness (QED) is 0.862. The Morgan fingerprint density at radius 2 is 1.80 bits per heavy atom. The minimum absolute atomic E-state index is 0.0336. The van der Waals surface area contributed by atoms with E-state index >= 15 is 0 Å². The number of halogens is 2. The van der Waals surface area contributed by atoms with Crippen LogP contribution < -0.4 is 10.6 Å². The number of benzene rings is 1. The van der Waals surface area contributed by atoms with Gasteiger partial charge in [-0.3, -0.25) is 10.1 Å². The van der Waals surface area contributed by atoms with Crippen molar-refractivity contribution in [1.82, 2.24) is 10.3 Å². The van der Waals surface area contributed by atoms with Crippen LogP contribution in [0, 0.1) is 11.6 Å². The molecule has 0 radical (unpaired) electrons. The van der Waals surface area contributed by atoms with Crippen molar-refractivity contribution in [3.8, 4) is 10.6 Å². The number of nitrogens with one attached hydrogen (secondary N) is 2. The Morgan fingerprint density at radius 3 is 2.32 bits per heavy atom. The van der Waals surface area contributed by atoms with Gasteiger partial charge in [-0.25, -0.2) is 18.6 Å². The average molecular weight is 369 g/mol. The molecule has 0 atom stereocenters. The first kappa shape index (κ1) is 18.8. The molecule has 0 aliphatic heterocycles. The van der Waals surface area contributed by atoms with Gasteiger partial charge in [-0.1, -0.05) is 17.4 Å².